The maximum Gasteiger partial charge on any atom is 0.241 e. The molecule has 0 aliphatic heterocycles. The number of anilines is 1. The predicted octanol–water partition coefficient (Wildman–Crippen LogP) is 2.57. The summed E-state index contributed by atoms with van der Waals surface area (Å²) >= 11 is 1.77. The molecule has 1 rings (SSSR count). The van der Waals surface area contributed by atoms with Crippen molar-refractivity contribution in [2.75, 3.05) is 24.4 Å². The molecular formula is C15H21N3OS. The minimum Gasteiger partial charge on any atom is -0.325 e. The van der Waals surface area contributed by atoms with Crippen molar-refractivity contribution < 1.29 is 4.79 Å². The van der Waals surface area contributed by atoms with Crippen molar-refractivity contribution >= 4 is 23.4 Å². The Balaban J connectivity index is 2.63. The van der Waals surface area contributed by atoms with Crippen LogP contribution in [-0.4, -0.2) is 41.9 Å². The van der Waals surface area contributed by atoms with Crippen LogP contribution in [0.5, 0.6) is 0 Å². The Kier molecular flexibility index (Phi) is 6.56. The van der Waals surface area contributed by atoms with Crippen molar-refractivity contribution in [1.82, 2.24) is 4.90 Å². The number of rotatable bonds is 6. The molecule has 5 heteroatoms. The number of thioether (sulfide) groups is 1. The van der Waals surface area contributed by atoms with Crippen molar-refractivity contribution in [1.29, 1.82) is 5.26 Å². The molecule has 1 aromatic rings. The third kappa shape index (κ3) is 4.55. The lowest BCUT2D eigenvalue weighted by atomic mass is 10.2. The number of nitrogens with one attached hydrogen (secondary N) is 1. The zero-order valence-corrected chi connectivity index (χ0v) is 13.2. The summed E-state index contributed by atoms with van der Waals surface area (Å²) in [4.78, 5) is 14.3. The van der Waals surface area contributed by atoms with E-state index in [0.717, 1.165) is 5.75 Å². The Bertz CT molecular complexity index is 481. The zero-order valence-electron chi connectivity index (χ0n) is 12.4. The van der Waals surface area contributed by atoms with E-state index in [9.17, 15) is 4.79 Å². The Labute approximate surface area is 125 Å². The van der Waals surface area contributed by atoms with E-state index in [-0.39, 0.29) is 11.9 Å². The number of nitrogens with zero attached hydrogens (tertiary/aromatic N) is 2. The second-order valence-electron chi connectivity index (χ2n) is 4.82. The van der Waals surface area contributed by atoms with Gasteiger partial charge in [0, 0.05) is 17.5 Å². The molecule has 0 aromatic heterocycles. The molecule has 20 heavy (non-hydrogen) atoms. The van der Waals surface area contributed by atoms with E-state index in [4.69, 9.17) is 5.26 Å². The van der Waals surface area contributed by atoms with Gasteiger partial charge in [0.2, 0.25) is 5.91 Å². The monoisotopic (exact) mass is 291 g/mol. The lowest BCUT2D eigenvalue weighted by Gasteiger charge is -2.29. The molecular weight excluding hydrogens is 270 g/mol. The number of hydrogen-bond acceptors (Lipinski definition) is 4. The largest absolute Gasteiger partial charge is 0.325 e. The van der Waals surface area contributed by atoms with Gasteiger partial charge in [-0.1, -0.05) is 0 Å². The first kappa shape index (κ1) is 16.5. The Hall–Kier alpha value is -1.51. The quantitative estimate of drug-likeness (QED) is 0.875. The number of nitriles is 1. The number of amides is 1. The number of likely N-dealkylation sites (N-methyl/N-ethyl adjacent to an activating group) is 1. The lowest BCUT2D eigenvalue weighted by molar-refractivity contribution is -0.120. The first-order chi connectivity index (χ1) is 9.49. The molecule has 0 aliphatic carbocycles. The summed E-state index contributed by atoms with van der Waals surface area (Å²) in [5, 5.41) is 11.6. The highest BCUT2D eigenvalue weighted by Crippen LogP contribution is 2.12. The average Bonchev–Trinajstić information content (AvgIpc) is 2.46. The molecule has 0 spiro atoms. The lowest BCUT2D eigenvalue weighted by Crippen LogP contribution is -2.45. The van der Waals surface area contributed by atoms with Gasteiger partial charge in [0.15, 0.2) is 0 Å². The van der Waals surface area contributed by atoms with Crippen LogP contribution in [0.1, 0.15) is 19.4 Å². The molecule has 4 nitrogen and oxygen atoms in total. The summed E-state index contributed by atoms with van der Waals surface area (Å²) in [7, 11) is 1.96. The number of carbonyl (C=O) groups excluding carboxylic acids is 1. The first-order valence-corrected chi connectivity index (χ1v) is 7.91. The zero-order chi connectivity index (χ0) is 15.1. The topological polar surface area (TPSA) is 56.1 Å². The maximum atomic E-state index is 12.2. The Morgan fingerprint density at radius 1 is 1.40 bits per heavy atom. The van der Waals surface area contributed by atoms with Crippen molar-refractivity contribution in [3.8, 4) is 6.07 Å². The van der Waals surface area contributed by atoms with Gasteiger partial charge in [-0.3, -0.25) is 9.69 Å². The van der Waals surface area contributed by atoms with Crippen molar-refractivity contribution in [3.63, 3.8) is 0 Å². The molecule has 1 N–H and O–H groups in total. The van der Waals surface area contributed by atoms with E-state index in [1.54, 1.807) is 36.0 Å². The van der Waals surface area contributed by atoms with Gasteiger partial charge in [0.25, 0.3) is 0 Å². The van der Waals surface area contributed by atoms with E-state index in [2.05, 4.69) is 29.5 Å². The van der Waals surface area contributed by atoms with Gasteiger partial charge in [-0.05, 0) is 51.4 Å². The van der Waals surface area contributed by atoms with Crippen LogP contribution in [0, 0.1) is 11.3 Å². The molecule has 2 unspecified atom stereocenters. The van der Waals surface area contributed by atoms with E-state index >= 15 is 0 Å². The van der Waals surface area contributed by atoms with Crippen LogP contribution < -0.4 is 5.32 Å². The van der Waals surface area contributed by atoms with Gasteiger partial charge < -0.3 is 5.32 Å². The number of benzene rings is 1. The SMILES string of the molecule is CSCC(C)N(C)C(C)C(=O)Nc1ccc(C#N)cc1. The highest BCUT2D eigenvalue weighted by molar-refractivity contribution is 7.98. The minimum atomic E-state index is -0.201. The van der Waals surface area contributed by atoms with E-state index in [1.807, 2.05) is 14.0 Å². The van der Waals surface area contributed by atoms with Crippen molar-refractivity contribution in [2.24, 2.45) is 0 Å². The molecule has 0 saturated heterocycles. The molecule has 0 fully saturated rings. The second-order valence-corrected chi connectivity index (χ2v) is 5.73. The summed E-state index contributed by atoms with van der Waals surface area (Å²) in [5.41, 5.74) is 1.30. The molecule has 2 atom stereocenters. The van der Waals surface area contributed by atoms with E-state index in [1.165, 1.54) is 0 Å². The van der Waals surface area contributed by atoms with Gasteiger partial charge in [-0.15, -0.1) is 0 Å². The summed E-state index contributed by atoms with van der Waals surface area (Å²) in [5.74, 6) is 0.954. The summed E-state index contributed by atoms with van der Waals surface area (Å²) in [6.45, 7) is 4.01. The van der Waals surface area contributed by atoms with Gasteiger partial charge in [-0.25, -0.2) is 0 Å². The summed E-state index contributed by atoms with van der Waals surface area (Å²) in [6.07, 6.45) is 2.06. The van der Waals surface area contributed by atoms with Crippen LogP contribution in [0.4, 0.5) is 5.69 Å². The molecule has 108 valence electrons. The van der Waals surface area contributed by atoms with Gasteiger partial charge >= 0.3 is 0 Å². The number of hydrogen-bond donors (Lipinski definition) is 1. The molecule has 0 heterocycles. The van der Waals surface area contributed by atoms with Crippen LogP contribution in [0.2, 0.25) is 0 Å². The van der Waals surface area contributed by atoms with Crippen LogP contribution in [-0.2, 0) is 4.79 Å². The Morgan fingerprint density at radius 2 is 2.00 bits per heavy atom. The number of carbonyl (C=O) groups is 1. The molecule has 1 aromatic carbocycles. The minimum absolute atomic E-state index is 0.0369. The fraction of sp³-hybridized carbons (Fsp3) is 0.467. The third-order valence-electron chi connectivity index (χ3n) is 3.38. The normalized spacial score (nSPS) is 13.6. The Morgan fingerprint density at radius 3 is 2.50 bits per heavy atom. The second kappa shape index (κ2) is 7.93. The first-order valence-electron chi connectivity index (χ1n) is 6.51. The maximum absolute atomic E-state index is 12.2. The fourth-order valence-electron chi connectivity index (χ4n) is 1.80. The van der Waals surface area contributed by atoms with Crippen molar-refractivity contribution in [3.05, 3.63) is 29.8 Å². The standard InChI is InChI=1S/C15H21N3OS/c1-11(10-20-4)18(3)12(2)15(19)17-14-7-5-13(9-16)6-8-14/h5-8,11-12H,10H2,1-4H3,(H,17,19). The smallest absolute Gasteiger partial charge is 0.241 e. The highest BCUT2D eigenvalue weighted by Gasteiger charge is 2.21. The van der Waals surface area contributed by atoms with Crippen LogP contribution in [0.25, 0.3) is 0 Å². The van der Waals surface area contributed by atoms with Crippen molar-refractivity contribution in [2.45, 2.75) is 25.9 Å². The molecule has 0 aliphatic rings. The van der Waals surface area contributed by atoms with E-state index in [0.29, 0.717) is 17.3 Å². The highest BCUT2D eigenvalue weighted by atomic mass is 32.2. The molecule has 1 amide bonds. The van der Waals surface area contributed by atoms with Crippen LogP contribution in [0.3, 0.4) is 0 Å². The average molecular weight is 291 g/mol. The third-order valence-corrected chi connectivity index (χ3v) is 4.19. The molecule has 0 bridgehead atoms. The molecule has 0 saturated carbocycles. The van der Waals surface area contributed by atoms with Gasteiger partial charge in [0.05, 0.1) is 17.7 Å². The van der Waals surface area contributed by atoms with Gasteiger partial charge in [-0.2, -0.15) is 17.0 Å². The molecule has 0 radical (unpaired) electrons. The van der Waals surface area contributed by atoms with Crippen LogP contribution in [0.15, 0.2) is 24.3 Å². The fourth-order valence-corrected chi connectivity index (χ4v) is 2.52. The van der Waals surface area contributed by atoms with Gasteiger partial charge in [0.1, 0.15) is 0 Å². The summed E-state index contributed by atoms with van der Waals surface area (Å²) in [6, 6.07) is 9.07. The summed E-state index contributed by atoms with van der Waals surface area (Å²) < 4.78 is 0. The van der Waals surface area contributed by atoms with E-state index < -0.39 is 0 Å². The predicted molar refractivity (Wildman–Crippen MR) is 84.9 cm³/mol. The van der Waals surface area contributed by atoms with Crippen LogP contribution >= 0.6 is 11.8 Å².